The molecule has 4 aliphatic rings. The van der Waals surface area contributed by atoms with Crippen LogP contribution in [0.5, 0.6) is 0 Å². The van der Waals surface area contributed by atoms with E-state index >= 15 is 0 Å². The number of aliphatic hydroxyl groups is 6. The molecule has 0 aliphatic carbocycles. The minimum absolute atomic E-state index is 1.21. The summed E-state index contributed by atoms with van der Waals surface area (Å²) in [7, 11) is -34.2. The van der Waals surface area contributed by atoms with Crippen molar-refractivity contribution in [3.05, 3.63) is 0 Å². The first-order chi connectivity index (χ1) is 32.1. The normalized spacial score (nSPS) is 39.2. The van der Waals surface area contributed by atoms with Crippen LogP contribution in [-0.2, 0) is 122 Å². The molecule has 4 fully saturated rings. The largest absolute Gasteiger partial charge is 0.479 e. The van der Waals surface area contributed by atoms with Gasteiger partial charge in [-0.2, -0.15) is 60.0 Å². The number of carbonyl (C=O) groups is 2. The zero-order valence-corrected chi connectivity index (χ0v) is 38.8. The van der Waals surface area contributed by atoms with Gasteiger partial charge >= 0.3 is 74.1 Å². The molecular formula is C24H40N2O39S6. The highest BCUT2D eigenvalue weighted by atomic mass is 32.3. The Kier molecular flexibility index (Phi) is 19.7. The van der Waals surface area contributed by atoms with E-state index in [1.54, 1.807) is 0 Å². The molecule has 416 valence electrons. The summed E-state index contributed by atoms with van der Waals surface area (Å²) in [5.74, 6) is -4.55. The second-order valence-electron chi connectivity index (χ2n) is 14.5. The molecule has 0 radical (unpaired) electrons. The van der Waals surface area contributed by atoms with Crippen LogP contribution < -0.4 is 9.44 Å². The van der Waals surface area contributed by atoms with Crippen LogP contribution in [0.3, 0.4) is 0 Å². The second-order valence-corrected chi connectivity index (χ2v) is 21.2. The highest BCUT2D eigenvalue weighted by Gasteiger charge is 2.59. The number of carboxylic acid groups (broad SMARTS) is 2. The summed E-state index contributed by atoms with van der Waals surface area (Å²) in [5.41, 5.74) is 0. The predicted molar refractivity (Wildman–Crippen MR) is 202 cm³/mol. The lowest BCUT2D eigenvalue weighted by Gasteiger charge is -2.49. The fraction of sp³-hybridized carbons (Fsp3) is 0.917. The van der Waals surface area contributed by atoms with E-state index in [1.807, 2.05) is 0 Å². The first kappa shape index (κ1) is 61.2. The molecule has 16 N–H and O–H groups in total. The van der Waals surface area contributed by atoms with Gasteiger partial charge in [0.15, 0.2) is 49.6 Å². The van der Waals surface area contributed by atoms with Gasteiger partial charge in [-0.25, -0.2) is 26.3 Å². The SMILES string of the molecule is O=C(O)[C@@H]1O[C@@H](O[C@H]2[C@H](O)[C@@H](NS(=O)(=O)O)[C@@H](O[C@H]3[C@H](O)[C@@H](OS(=O)(=O)O)[C@H](O[C@H]4[C@H](O)[C@@H](NS(=O)(=O)O)[C@@H](O)O[C@@H]4COS(=O)(=O)O)O[C@H]3C(=O)O)O[C@@H]2COS(=O)(=O)O)[C@H](OS(=O)(=O)O)[C@@H](O)[C@@H]1O. The highest BCUT2D eigenvalue weighted by Crippen LogP contribution is 2.37. The minimum Gasteiger partial charge on any atom is -0.479 e. The van der Waals surface area contributed by atoms with Crippen molar-refractivity contribution in [1.82, 2.24) is 9.44 Å². The molecule has 47 heteroatoms. The Morgan fingerprint density at radius 2 is 0.803 bits per heavy atom. The number of aliphatic carboxylic acids is 2. The fourth-order valence-corrected chi connectivity index (χ4v) is 9.64. The molecule has 20 atom stereocenters. The van der Waals surface area contributed by atoms with Crippen molar-refractivity contribution in [2.24, 2.45) is 0 Å². The number of ether oxygens (including phenoxy) is 7. The van der Waals surface area contributed by atoms with Crippen LogP contribution in [-0.4, -0.2) is 267 Å². The maximum Gasteiger partial charge on any atom is 0.397 e. The third kappa shape index (κ3) is 17.3. The molecule has 0 bridgehead atoms. The quantitative estimate of drug-likeness (QED) is 0.0448. The Morgan fingerprint density at radius 1 is 0.423 bits per heavy atom. The van der Waals surface area contributed by atoms with Gasteiger partial charge in [0.1, 0.15) is 73.1 Å². The number of aliphatic hydroxyl groups excluding tert-OH is 6. The maximum atomic E-state index is 12.7. The average Bonchev–Trinajstić information content (AvgIpc) is 3.17. The summed E-state index contributed by atoms with van der Waals surface area (Å²) in [6.45, 7) is -3.32. The van der Waals surface area contributed by atoms with Crippen LogP contribution >= 0.6 is 0 Å². The molecule has 0 aromatic heterocycles. The number of hydrogen-bond acceptors (Lipinski definition) is 31. The van der Waals surface area contributed by atoms with Crippen LogP contribution in [0.2, 0.25) is 0 Å². The Bertz CT molecular complexity index is 2580. The monoisotopic (exact) mass is 1170 g/mol. The molecule has 0 unspecified atom stereocenters. The Balaban J connectivity index is 1.81. The summed E-state index contributed by atoms with van der Waals surface area (Å²) in [5, 5.41) is 84.8. The van der Waals surface area contributed by atoms with Gasteiger partial charge in [-0.15, -0.1) is 0 Å². The van der Waals surface area contributed by atoms with E-state index in [1.165, 1.54) is 9.44 Å². The Hall–Kier alpha value is -2.36. The molecule has 71 heavy (non-hydrogen) atoms. The minimum atomic E-state index is -6.03. The zero-order chi connectivity index (χ0) is 54.3. The van der Waals surface area contributed by atoms with Gasteiger partial charge in [-0.05, 0) is 0 Å². The standard InChI is InChI=1S/C24H40N2O39S6/c27-7-5(25-66(37,38)39)21(36)57-3(1-55-68(43,44)45)12(7)59-24-17(65-71(52,53)54)11(31)14(18(63-24)20(34)35)61-22-6(26-67(40,41)42)8(28)13(4(58-22)2-56-69(46,47)48)60-23-16(64-70(49,50)51)10(30)9(29)15(62-23)19(32)33/h3-18,21-31,36H,1-2H2,(H,32,33)(H,34,35)(H,37,38,39)(H,40,41,42)(H,43,44,45)(H,46,47,48)(H,49,50,51)(H,52,53,54)/t3-,4-,5-,6-,7-,8-,9+,10+,11+,12-,13-,14+,15-,16-,17-,18-,21+,22-,23-,24-/m1/s1. The first-order valence-corrected chi connectivity index (χ1v) is 26.6. The third-order valence-electron chi connectivity index (χ3n) is 9.59. The summed E-state index contributed by atoms with van der Waals surface area (Å²) in [6, 6.07) is -5.35. The maximum absolute atomic E-state index is 12.7. The Morgan fingerprint density at radius 3 is 1.21 bits per heavy atom. The van der Waals surface area contributed by atoms with Gasteiger partial charge in [-0.3, -0.25) is 27.3 Å². The van der Waals surface area contributed by atoms with Gasteiger partial charge in [0, 0.05) is 0 Å². The van der Waals surface area contributed by atoms with E-state index in [-0.39, 0.29) is 0 Å². The van der Waals surface area contributed by atoms with Gasteiger partial charge in [0.2, 0.25) is 0 Å². The number of hydrogen-bond donors (Lipinski definition) is 16. The van der Waals surface area contributed by atoms with E-state index in [9.17, 15) is 124 Å². The lowest BCUT2D eigenvalue weighted by Crippen LogP contribution is -2.70. The number of nitrogens with one attached hydrogen (secondary N) is 2. The summed E-state index contributed by atoms with van der Waals surface area (Å²) in [4.78, 5) is 24.5. The average molecular weight is 1170 g/mol. The summed E-state index contributed by atoms with van der Waals surface area (Å²) >= 11 is 0. The summed E-state index contributed by atoms with van der Waals surface area (Å²) < 4.78 is 253. The second kappa shape index (κ2) is 22.9. The molecule has 0 amide bonds. The van der Waals surface area contributed by atoms with Gasteiger partial charge in [-0.1, -0.05) is 0 Å². The molecule has 4 heterocycles. The molecule has 0 aromatic rings. The third-order valence-corrected chi connectivity index (χ3v) is 12.5. The first-order valence-electron chi connectivity index (χ1n) is 18.2. The highest BCUT2D eigenvalue weighted by molar-refractivity contribution is 7.84. The smallest absolute Gasteiger partial charge is 0.397 e. The van der Waals surface area contributed by atoms with Crippen LogP contribution in [0.1, 0.15) is 0 Å². The van der Waals surface area contributed by atoms with E-state index in [0.29, 0.717) is 0 Å². The molecular weight excluding hydrogens is 1130 g/mol. The molecule has 4 saturated heterocycles. The summed E-state index contributed by atoms with van der Waals surface area (Å²) in [6.07, 6.45) is -50.5. The van der Waals surface area contributed by atoms with Crippen molar-refractivity contribution < 1.29 is 178 Å². The number of carboxylic acids is 2. The van der Waals surface area contributed by atoms with Gasteiger partial charge < -0.3 is 74.0 Å². The molecule has 0 saturated carbocycles. The van der Waals surface area contributed by atoms with Crippen molar-refractivity contribution in [2.45, 2.75) is 123 Å². The molecule has 4 rings (SSSR count). The van der Waals surface area contributed by atoms with Crippen LogP contribution in [0, 0.1) is 0 Å². The zero-order valence-electron chi connectivity index (χ0n) is 33.9. The topological polar surface area (TPSA) is 648 Å². The van der Waals surface area contributed by atoms with Crippen LogP contribution in [0.15, 0.2) is 0 Å². The van der Waals surface area contributed by atoms with Crippen molar-refractivity contribution >= 4 is 74.1 Å². The lowest BCUT2D eigenvalue weighted by atomic mass is 9.94. The molecule has 0 aromatic carbocycles. The van der Waals surface area contributed by atoms with Crippen molar-refractivity contribution in [3.63, 3.8) is 0 Å². The van der Waals surface area contributed by atoms with E-state index in [0.717, 1.165) is 0 Å². The fourth-order valence-electron chi connectivity index (χ4n) is 6.87. The van der Waals surface area contributed by atoms with Crippen LogP contribution in [0.4, 0.5) is 0 Å². The predicted octanol–water partition coefficient (Wildman–Crippen LogP) is -11.5. The van der Waals surface area contributed by atoms with Gasteiger partial charge in [0.05, 0.1) is 13.2 Å². The van der Waals surface area contributed by atoms with E-state index in [4.69, 9.17) is 37.7 Å². The molecule has 0 spiro atoms. The Labute approximate surface area is 396 Å². The number of rotatable bonds is 22. The van der Waals surface area contributed by atoms with E-state index in [2.05, 4.69) is 16.7 Å². The molecule has 41 nitrogen and oxygen atoms in total. The van der Waals surface area contributed by atoms with Gasteiger partial charge in [0.25, 0.3) is 0 Å². The van der Waals surface area contributed by atoms with E-state index < -0.39 is 210 Å². The lowest BCUT2D eigenvalue weighted by molar-refractivity contribution is -0.367. The van der Waals surface area contributed by atoms with Crippen LogP contribution in [0.25, 0.3) is 0 Å². The van der Waals surface area contributed by atoms with Crippen molar-refractivity contribution in [2.75, 3.05) is 13.2 Å². The van der Waals surface area contributed by atoms with Crippen molar-refractivity contribution in [1.29, 1.82) is 0 Å². The van der Waals surface area contributed by atoms with Crippen molar-refractivity contribution in [3.8, 4) is 0 Å². The molecule has 4 aliphatic heterocycles.